The molecule has 1 aromatic heterocycles. The van der Waals surface area contributed by atoms with Gasteiger partial charge < -0.3 is 16.0 Å². The fourth-order valence-corrected chi connectivity index (χ4v) is 4.99. The Morgan fingerprint density at radius 3 is 2.52 bits per heavy atom. The lowest BCUT2D eigenvalue weighted by molar-refractivity contribution is 0.102. The molecule has 1 saturated heterocycles. The van der Waals surface area contributed by atoms with E-state index in [1.54, 1.807) is 59.7 Å². The van der Waals surface area contributed by atoms with Crippen molar-refractivity contribution in [1.29, 1.82) is 0 Å². The maximum absolute atomic E-state index is 12.9. The van der Waals surface area contributed by atoms with Gasteiger partial charge in [0.05, 0.1) is 28.4 Å². The number of amides is 3. The van der Waals surface area contributed by atoms with Crippen LogP contribution in [0.15, 0.2) is 61.2 Å². The van der Waals surface area contributed by atoms with E-state index in [-0.39, 0.29) is 17.1 Å². The molecule has 10 nitrogen and oxygen atoms in total. The fourth-order valence-electron chi connectivity index (χ4n) is 3.32. The number of rotatable bonds is 5. The minimum absolute atomic E-state index is 0.0607. The monoisotopic (exact) mass is 440 g/mol. The van der Waals surface area contributed by atoms with Gasteiger partial charge in [0, 0.05) is 11.7 Å². The van der Waals surface area contributed by atoms with Gasteiger partial charge in [-0.05, 0) is 36.8 Å². The molecule has 4 rings (SSSR count). The first-order valence-electron chi connectivity index (χ1n) is 9.53. The Morgan fingerprint density at radius 2 is 1.77 bits per heavy atom. The topological polar surface area (TPSA) is 135 Å². The standard InChI is InChI=1S/C20H20N6O4S/c27-19(23-14-4-3-5-16(10-14)26-12-21-22-13-26)17-6-1-2-7-18(17)25-20(28)24-15-8-9-31(29,30)11-15/h1-7,10,12-13,15H,8-9,11H2,(H,23,27)(H2,24,25,28). The van der Waals surface area contributed by atoms with Crippen LogP contribution < -0.4 is 16.0 Å². The summed E-state index contributed by atoms with van der Waals surface area (Å²) in [5.74, 6) is -0.420. The Bertz CT molecular complexity index is 1210. The molecular weight excluding hydrogens is 420 g/mol. The van der Waals surface area contributed by atoms with Gasteiger partial charge in [0.25, 0.3) is 5.91 Å². The number of nitrogens with zero attached hydrogens (tertiary/aromatic N) is 3. The molecule has 1 unspecified atom stereocenters. The van der Waals surface area contributed by atoms with Gasteiger partial charge in [0.15, 0.2) is 9.84 Å². The van der Waals surface area contributed by atoms with Crippen molar-refractivity contribution in [3.8, 4) is 5.69 Å². The van der Waals surface area contributed by atoms with Crippen LogP contribution in [0, 0.1) is 0 Å². The number of nitrogens with one attached hydrogen (secondary N) is 3. The highest BCUT2D eigenvalue weighted by Crippen LogP contribution is 2.20. The van der Waals surface area contributed by atoms with Crippen LogP contribution in [0.1, 0.15) is 16.8 Å². The van der Waals surface area contributed by atoms with Crippen LogP contribution in [0.2, 0.25) is 0 Å². The number of sulfone groups is 1. The molecule has 0 radical (unpaired) electrons. The van der Waals surface area contributed by atoms with Gasteiger partial charge in [-0.1, -0.05) is 18.2 Å². The number of benzene rings is 2. The molecule has 1 aliphatic heterocycles. The van der Waals surface area contributed by atoms with Crippen molar-refractivity contribution in [3.05, 3.63) is 66.7 Å². The average molecular weight is 440 g/mol. The number of carbonyl (C=O) groups is 2. The van der Waals surface area contributed by atoms with E-state index >= 15 is 0 Å². The van der Waals surface area contributed by atoms with Crippen molar-refractivity contribution in [1.82, 2.24) is 20.1 Å². The summed E-state index contributed by atoms with van der Waals surface area (Å²) < 4.78 is 24.8. The SMILES string of the molecule is O=C(Nc1ccccc1C(=O)Nc1cccc(-n2cnnc2)c1)NC1CCS(=O)(=O)C1. The Kier molecular flexibility index (Phi) is 5.67. The zero-order valence-electron chi connectivity index (χ0n) is 16.4. The summed E-state index contributed by atoms with van der Waals surface area (Å²) >= 11 is 0. The predicted octanol–water partition coefficient (Wildman–Crippen LogP) is 1.83. The first-order valence-corrected chi connectivity index (χ1v) is 11.4. The van der Waals surface area contributed by atoms with Crippen LogP contribution in [0.25, 0.3) is 5.69 Å². The molecule has 3 amide bonds. The normalized spacial score (nSPS) is 17.1. The third kappa shape index (κ3) is 5.07. The van der Waals surface area contributed by atoms with Crippen molar-refractivity contribution >= 4 is 33.2 Å². The minimum Gasteiger partial charge on any atom is -0.334 e. The summed E-state index contributed by atoms with van der Waals surface area (Å²) in [4.78, 5) is 25.2. The Morgan fingerprint density at radius 1 is 1.00 bits per heavy atom. The summed E-state index contributed by atoms with van der Waals surface area (Å²) in [7, 11) is -3.11. The molecule has 1 atom stereocenters. The zero-order valence-corrected chi connectivity index (χ0v) is 17.2. The Labute approximate surface area is 178 Å². The van der Waals surface area contributed by atoms with E-state index < -0.39 is 27.8 Å². The van der Waals surface area contributed by atoms with Crippen molar-refractivity contribution in [2.75, 3.05) is 22.1 Å². The van der Waals surface area contributed by atoms with Crippen LogP contribution in [-0.4, -0.2) is 52.7 Å². The molecule has 3 N–H and O–H groups in total. The van der Waals surface area contributed by atoms with Gasteiger partial charge in [-0.25, -0.2) is 13.2 Å². The summed E-state index contributed by atoms with van der Waals surface area (Å²) in [6.07, 6.45) is 3.48. The van der Waals surface area contributed by atoms with E-state index in [1.807, 2.05) is 6.07 Å². The molecule has 0 aliphatic carbocycles. The van der Waals surface area contributed by atoms with Crippen molar-refractivity contribution in [2.24, 2.45) is 0 Å². The van der Waals surface area contributed by atoms with Gasteiger partial charge in [-0.2, -0.15) is 0 Å². The summed E-state index contributed by atoms with van der Waals surface area (Å²) in [6.45, 7) is 0. The molecule has 160 valence electrons. The van der Waals surface area contributed by atoms with Gasteiger partial charge >= 0.3 is 6.03 Å². The quantitative estimate of drug-likeness (QED) is 0.554. The van der Waals surface area contributed by atoms with Gasteiger partial charge in [0.1, 0.15) is 12.7 Å². The molecule has 0 bridgehead atoms. The highest BCUT2D eigenvalue weighted by molar-refractivity contribution is 7.91. The lowest BCUT2D eigenvalue weighted by atomic mass is 10.1. The molecule has 11 heteroatoms. The highest BCUT2D eigenvalue weighted by Gasteiger charge is 2.29. The fraction of sp³-hybridized carbons (Fsp3) is 0.200. The largest absolute Gasteiger partial charge is 0.334 e. The summed E-state index contributed by atoms with van der Waals surface area (Å²) in [5.41, 5.74) is 1.92. The number of para-hydroxylation sites is 1. The van der Waals surface area contributed by atoms with E-state index in [0.717, 1.165) is 5.69 Å². The third-order valence-electron chi connectivity index (χ3n) is 4.81. The molecule has 0 spiro atoms. The van der Waals surface area contributed by atoms with E-state index in [2.05, 4.69) is 26.1 Å². The molecule has 2 heterocycles. The molecule has 3 aromatic rings. The third-order valence-corrected chi connectivity index (χ3v) is 6.58. The Hall–Kier alpha value is -3.73. The first-order chi connectivity index (χ1) is 14.9. The van der Waals surface area contributed by atoms with Crippen LogP contribution in [0.3, 0.4) is 0 Å². The number of hydrogen-bond donors (Lipinski definition) is 3. The van der Waals surface area contributed by atoms with E-state index in [9.17, 15) is 18.0 Å². The molecule has 1 fully saturated rings. The van der Waals surface area contributed by atoms with Crippen LogP contribution in [0.4, 0.5) is 16.2 Å². The number of anilines is 2. The molecular formula is C20H20N6O4S. The van der Waals surface area contributed by atoms with Crippen LogP contribution in [0.5, 0.6) is 0 Å². The van der Waals surface area contributed by atoms with E-state index in [0.29, 0.717) is 17.8 Å². The predicted molar refractivity (Wildman–Crippen MR) is 115 cm³/mol. The van der Waals surface area contributed by atoms with Gasteiger partial charge in [-0.15, -0.1) is 10.2 Å². The number of aromatic nitrogens is 3. The minimum atomic E-state index is -3.11. The number of urea groups is 1. The maximum atomic E-state index is 12.9. The highest BCUT2D eigenvalue weighted by atomic mass is 32.2. The second-order valence-electron chi connectivity index (χ2n) is 7.12. The maximum Gasteiger partial charge on any atom is 0.319 e. The molecule has 0 saturated carbocycles. The lowest BCUT2D eigenvalue weighted by Crippen LogP contribution is -2.38. The summed E-state index contributed by atoms with van der Waals surface area (Å²) in [6, 6.07) is 12.7. The van der Waals surface area contributed by atoms with E-state index in [4.69, 9.17) is 0 Å². The van der Waals surface area contributed by atoms with Gasteiger partial charge in [0.2, 0.25) is 0 Å². The van der Waals surface area contributed by atoms with Crippen LogP contribution in [-0.2, 0) is 9.84 Å². The average Bonchev–Trinajstić information content (AvgIpc) is 3.38. The second kappa shape index (κ2) is 8.56. The van der Waals surface area contributed by atoms with Crippen molar-refractivity contribution < 1.29 is 18.0 Å². The molecule has 31 heavy (non-hydrogen) atoms. The molecule has 1 aliphatic rings. The zero-order chi connectivity index (χ0) is 21.8. The second-order valence-corrected chi connectivity index (χ2v) is 9.35. The number of hydrogen-bond acceptors (Lipinski definition) is 6. The van der Waals surface area contributed by atoms with Crippen LogP contribution >= 0.6 is 0 Å². The smallest absolute Gasteiger partial charge is 0.319 e. The lowest BCUT2D eigenvalue weighted by Gasteiger charge is -2.15. The first kappa shape index (κ1) is 20.5. The molecule has 2 aromatic carbocycles. The summed E-state index contributed by atoms with van der Waals surface area (Å²) in [5, 5.41) is 15.6. The van der Waals surface area contributed by atoms with Crippen molar-refractivity contribution in [2.45, 2.75) is 12.5 Å². The Balaban J connectivity index is 1.45. The van der Waals surface area contributed by atoms with E-state index in [1.165, 1.54) is 0 Å². The number of carbonyl (C=O) groups excluding carboxylic acids is 2. The van der Waals surface area contributed by atoms with Gasteiger partial charge in [-0.3, -0.25) is 9.36 Å². The van der Waals surface area contributed by atoms with Crippen molar-refractivity contribution in [3.63, 3.8) is 0 Å².